The number of para-hydroxylation sites is 2. The van der Waals surface area contributed by atoms with Gasteiger partial charge in [-0.3, -0.25) is 4.79 Å². The summed E-state index contributed by atoms with van der Waals surface area (Å²) in [6.45, 7) is 1.84. The van der Waals surface area contributed by atoms with Crippen molar-refractivity contribution in [2.24, 2.45) is 0 Å². The molecule has 0 unspecified atom stereocenters. The first-order chi connectivity index (χ1) is 16.1. The molecule has 1 amide bonds. The number of ether oxygens (including phenoxy) is 2. The van der Waals surface area contributed by atoms with Crippen molar-refractivity contribution in [3.63, 3.8) is 0 Å². The topological polar surface area (TPSA) is 65.4 Å². The fourth-order valence-corrected chi connectivity index (χ4v) is 3.79. The van der Waals surface area contributed by atoms with E-state index in [-0.39, 0.29) is 5.91 Å². The second-order valence-corrected chi connectivity index (χ2v) is 8.00. The van der Waals surface area contributed by atoms with Crippen LogP contribution >= 0.6 is 11.6 Å². The lowest BCUT2D eigenvalue weighted by Crippen LogP contribution is -2.26. The molecule has 3 aromatic carbocycles. The van der Waals surface area contributed by atoms with Gasteiger partial charge in [0.05, 0.1) is 24.8 Å². The number of halogens is 1. The molecule has 33 heavy (non-hydrogen) atoms. The largest absolute Gasteiger partial charge is 0.497 e. The SMILES string of the molecule is COc1cccc(OCCCn2c(CCNC(=O)c3ccc(Cl)cc3)nc3ccccc32)c1. The quantitative estimate of drug-likeness (QED) is 0.331. The molecule has 0 bridgehead atoms. The molecule has 7 heteroatoms. The number of aryl methyl sites for hydroxylation is 1. The van der Waals surface area contributed by atoms with Gasteiger partial charge in [-0.1, -0.05) is 29.8 Å². The molecule has 1 aromatic heterocycles. The summed E-state index contributed by atoms with van der Waals surface area (Å²) < 4.78 is 13.3. The molecule has 6 nitrogen and oxygen atoms in total. The van der Waals surface area contributed by atoms with Gasteiger partial charge in [0.2, 0.25) is 0 Å². The van der Waals surface area contributed by atoms with Gasteiger partial charge in [0.25, 0.3) is 5.91 Å². The lowest BCUT2D eigenvalue weighted by atomic mass is 10.2. The van der Waals surface area contributed by atoms with Crippen LogP contribution < -0.4 is 14.8 Å². The molecular formula is C26H26ClN3O3. The number of carbonyl (C=O) groups is 1. The standard InChI is InChI=1S/C26H26ClN3O3/c1-32-21-6-4-7-22(18-21)33-17-5-16-30-24-9-3-2-8-23(24)29-25(30)14-15-28-26(31)19-10-12-20(27)13-11-19/h2-4,6-13,18H,5,14-17H2,1H3,(H,28,31). The van der Waals surface area contributed by atoms with E-state index in [0.29, 0.717) is 30.2 Å². The fraction of sp³-hybridized carbons (Fsp3) is 0.231. The van der Waals surface area contributed by atoms with Gasteiger partial charge in [-0.05, 0) is 55.0 Å². The van der Waals surface area contributed by atoms with E-state index in [4.69, 9.17) is 26.1 Å². The molecule has 1 N–H and O–H groups in total. The summed E-state index contributed by atoms with van der Waals surface area (Å²) in [6, 6.07) is 22.5. The third-order valence-corrected chi connectivity index (χ3v) is 5.56. The molecule has 4 aromatic rings. The Morgan fingerprint density at radius 2 is 1.82 bits per heavy atom. The van der Waals surface area contributed by atoms with E-state index in [1.54, 1.807) is 31.4 Å². The van der Waals surface area contributed by atoms with Crippen LogP contribution in [0.15, 0.2) is 72.8 Å². The van der Waals surface area contributed by atoms with Crippen LogP contribution in [0.1, 0.15) is 22.6 Å². The lowest BCUT2D eigenvalue weighted by Gasteiger charge is -2.11. The van der Waals surface area contributed by atoms with Crippen molar-refractivity contribution in [1.82, 2.24) is 14.9 Å². The summed E-state index contributed by atoms with van der Waals surface area (Å²) in [7, 11) is 1.64. The summed E-state index contributed by atoms with van der Waals surface area (Å²) >= 11 is 5.90. The molecule has 0 aliphatic carbocycles. The number of hydrogen-bond acceptors (Lipinski definition) is 4. The second-order valence-electron chi connectivity index (χ2n) is 7.56. The van der Waals surface area contributed by atoms with E-state index in [2.05, 4.69) is 16.0 Å². The zero-order valence-corrected chi connectivity index (χ0v) is 19.2. The van der Waals surface area contributed by atoms with Crippen LogP contribution in [0.3, 0.4) is 0 Å². The Morgan fingerprint density at radius 3 is 2.64 bits per heavy atom. The zero-order chi connectivity index (χ0) is 23.0. The van der Waals surface area contributed by atoms with Crippen molar-refractivity contribution >= 4 is 28.5 Å². The number of methoxy groups -OCH3 is 1. The Bertz CT molecular complexity index is 1220. The summed E-state index contributed by atoms with van der Waals surface area (Å²) in [5.74, 6) is 2.38. The first kappa shape index (κ1) is 22.7. The van der Waals surface area contributed by atoms with Crippen LogP contribution in [0.4, 0.5) is 0 Å². The molecule has 0 saturated heterocycles. The van der Waals surface area contributed by atoms with E-state index in [1.165, 1.54) is 0 Å². The average molecular weight is 464 g/mol. The third-order valence-electron chi connectivity index (χ3n) is 5.31. The Morgan fingerprint density at radius 1 is 1.03 bits per heavy atom. The lowest BCUT2D eigenvalue weighted by molar-refractivity contribution is 0.0954. The summed E-state index contributed by atoms with van der Waals surface area (Å²) in [5.41, 5.74) is 2.62. The molecule has 0 spiro atoms. The molecule has 0 aliphatic rings. The van der Waals surface area contributed by atoms with Gasteiger partial charge < -0.3 is 19.4 Å². The van der Waals surface area contributed by atoms with Crippen LogP contribution in [-0.2, 0) is 13.0 Å². The van der Waals surface area contributed by atoms with Gasteiger partial charge >= 0.3 is 0 Å². The number of nitrogens with one attached hydrogen (secondary N) is 1. The molecule has 0 fully saturated rings. The molecule has 0 atom stereocenters. The highest BCUT2D eigenvalue weighted by molar-refractivity contribution is 6.30. The smallest absolute Gasteiger partial charge is 0.251 e. The highest BCUT2D eigenvalue weighted by Crippen LogP contribution is 2.20. The molecule has 4 rings (SSSR count). The van der Waals surface area contributed by atoms with Gasteiger partial charge in [-0.15, -0.1) is 0 Å². The maximum absolute atomic E-state index is 12.4. The fourth-order valence-electron chi connectivity index (χ4n) is 3.66. The highest BCUT2D eigenvalue weighted by atomic mass is 35.5. The molecule has 1 heterocycles. The molecular weight excluding hydrogens is 438 g/mol. The number of rotatable bonds is 10. The second kappa shape index (κ2) is 10.9. The van der Waals surface area contributed by atoms with Crippen molar-refractivity contribution < 1.29 is 14.3 Å². The van der Waals surface area contributed by atoms with Crippen LogP contribution in [0, 0.1) is 0 Å². The normalized spacial score (nSPS) is 10.8. The van der Waals surface area contributed by atoms with Crippen LogP contribution in [-0.4, -0.2) is 35.7 Å². The summed E-state index contributed by atoms with van der Waals surface area (Å²) in [4.78, 5) is 17.2. The predicted octanol–water partition coefficient (Wildman–Crippen LogP) is 5.14. The van der Waals surface area contributed by atoms with Crippen molar-refractivity contribution in [3.8, 4) is 11.5 Å². The minimum Gasteiger partial charge on any atom is -0.497 e. The summed E-state index contributed by atoms with van der Waals surface area (Å²) in [6.07, 6.45) is 1.45. The van der Waals surface area contributed by atoms with E-state index < -0.39 is 0 Å². The van der Waals surface area contributed by atoms with E-state index in [9.17, 15) is 4.79 Å². The number of imidazole rings is 1. The van der Waals surface area contributed by atoms with Crippen LogP contribution in [0.25, 0.3) is 11.0 Å². The van der Waals surface area contributed by atoms with Gasteiger partial charge in [-0.25, -0.2) is 4.98 Å². The third kappa shape index (κ3) is 5.84. The molecule has 0 saturated carbocycles. The van der Waals surface area contributed by atoms with Gasteiger partial charge in [0, 0.05) is 36.2 Å². The monoisotopic (exact) mass is 463 g/mol. The van der Waals surface area contributed by atoms with Gasteiger partial charge in [0.1, 0.15) is 17.3 Å². The highest BCUT2D eigenvalue weighted by Gasteiger charge is 2.11. The predicted molar refractivity (Wildman–Crippen MR) is 130 cm³/mol. The maximum Gasteiger partial charge on any atom is 0.251 e. The maximum atomic E-state index is 12.4. The van der Waals surface area contributed by atoms with E-state index in [0.717, 1.165) is 41.3 Å². The minimum atomic E-state index is -0.124. The van der Waals surface area contributed by atoms with Crippen molar-refractivity contribution in [3.05, 3.63) is 89.2 Å². The molecule has 0 radical (unpaired) electrons. The average Bonchev–Trinajstić information content (AvgIpc) is 3.19. The van der Waals surface area contributed by atoms with Crippen molar-refractivity contribution in [1.29, 1.82) is 0 Å². The van der Waals surface area contributed by atoms with Crippen molar-refractivity contribution in [2.45, 2.75) is 19.4 Å². The zero-order valence-electron chi connectivity index (χ0n) is 18.5. The number of nitrogens with zero attached hydrogens (tertiary/aromatic N) is 2. The Hall–Kier alpha value is -3.51. The van der Waals surface area contributed by atoms with Crippen LogP contribution in [0.5, 0.6) is 11.5 Å². The number of amides is 1. The molecule has 0 aliphatic heterocycles. The minimum absolute atomic E-state index is 0.124. The first-order valence-corrected chi connectivity index (χ1v) is 11.3. The van der Waals surface area contributed by atoms with Gasteiger partial charge in [0.15, 0.2) is 0 Å². The Labute approximate surface area is 198 Å². The summed E-state index contributed by atoms with van der Waals surface area (Å²) in [5, 5.41) is 3.57. The number of hydrogen-bond donors (Lipinski definition) is 1. The number of benzene rings is 3. The van der Waals surface area contributed by atoms with E-state index in [1.807, 2.05) is 42.5 Å². The Balaban J connectivity index is 1.36. The van der Waals surface area contributed by atoms with Crippen molar-refractivity contribution in [2.75, 3.05) is 20.3 Å². The number of fused-ring (bicyclic) bond motifs is 1. The number of aromatic nitrogens is 2. The van der Waals surface area contributed by atoms with Gasteiger partial charge in [-0.2, -0.15) is 0 Å². The Kier molecular flexibility index (Phi) is 7.47. The first-order valence-electron chi connectivity index (χ1n) is 10.9. The van der Waals surface area contributed by atoms with Crippen LogP contribution in [0.2, 0.25) is 5.02 Å². The van der Waals surface area contributed by atoms with E-state index >= 15 is 0 Å². The molecule has 170 valence electrons. The number of carbonyl (C=O) groups excluding carboxylic acids is 1.